The molecule has 0 saturated carbocycles. The number of hydrogen-bond donors (Lipinski definition) is 1. The van der Waals surface area contributed by atoms with E-state index in [0.29, 0.717) is 13.0 Å². The van der Waals surface area contributed by atoms with E-state index >= 15 is 0 Å². The van der Waals surface area contributed by atoms with Gasteiger partial charge in [-0.2, -0.15) is 0 Å². The lowest BCUT2D eigenvalue weighted by Gasteiger charge is -2.29. The fourth-order valence-corrected chi connectivity index (χ4v) is 2.88. The number of hydrogen-bond acceptors (Lipinski definition) is 5. The first-order valence-corrected chi connectivity index (χ1v) is 6.99. The van der Waals surface area contributed by atoms with Gasteiger partial charge in [-0.25, -0.2) is 4.79 Å². The number of amides is 1. The SMILES string of the molecule is CO[C@H](C(Cc1ccccc1)OC(N)=O)[C@H]1OC[C@@H]2O[C@H]12. The first-order valence-electron chi connectivity index (χ1n) is 6.99. The van der Waals surface area contributed by atoms with Crippen LogP contribution in [0, 0.1) is 0 Å². The average Bonchev–Trinajstić information content (AvgIpc) is 3.14. The van der Waals surface area contributed by atoms with Gasteiger partial charge in [-0.15, -0.1) is 0 Å². The Morgan fingerprint density at radius 3 is 2.71 bits per heavy atom. The van der Waals surface area contributed by atoms with Crippen LogP contribution in [0.15, 0.2) is 30.3 Å². The molecule has 5 atom stereocenters. The van der Waals surface area contributed by atoms with Crippen LogP contribution in [0.1, 0.15) is 5.56 Å². The van der Waals surface area contributed by atoms with Gasteiger partial charge in [-0.3, -0.25) is 0 Å². The third-order valence-corrected chi connectivity index (χ3v) is 3.91. The molecule has 1 amide bonds. The van der Waals surface area contributed by atoms with Crippen LogP contribution in [0.25, 0.3) is 0 Å². The van der Waals surface area contributed by atoms with Gasteiger partial charge in [0.2, 0.25) is 0 Å². The summed E-state index contributed by atoms with van der Waals surface area (Å²) in [7, 11) is 1.58. The molecule has 21 heavy (non-hydrogen) atoms. The number of fused-ring (bicyclic) bond motifs is 1. The summed E-state index contributed by atoms with van der Waals surface area (Å²) < 4.78 is 22.0. The van der Waals surface area contributed by atoms with Gasteiger partial charge in [-0.05, 0) is 5.56 Å². The van der Waals surface area contributed by atoms with Gasteiger partial charge in [-0.1, -0.05) is 30.3 Å². The van der Waals surface area contributed by atoms with Crippen molar-refractivity contribution in [3.8, 4) is 0 Å². The molecule has 1 unspecified atom stereocenters. The van der Waals surface area contributed by atoms with Gasteiger partial charge in [0.25, 0.3) is 0 Å². The molecular formula is C15H19NO5. The van der Waals surface area contributed by atoms with E-state index in [-0.39, 0.29) is 18.3 Å². The normalized spacial score (nSPS) is 29.5. The maximum Gasteiger partial charge on any atom is 0.404 e. The zero-order valence-corrected chi connectivity index (χ0v) is 11.8. The van der Waals surface area contributed by atoms with Crippen molar-refractivity contribution in [2.75, 3.05) is 13.7 Å². The minimum absolute atomic E-state index is 0.0321. The highest BCUT2D eigenvalue weighted by atomic mass is 16.7. The molecule has 114 valence electrons. The van der Waals surface area contributed by atoms with E-state index in [4.69, 9.17) is 24.7 Å². The number of epoxide rings is 1. The Morgan fingerprint density at radius 2 is 2.19 bits per heavy atom. The van der Waals surface area contributed by atoms with E-state index in [0.717, 1.165) is 5.56 Å². The van der Waals surface area contributed by atoms with Gasteiger partial charge in [0.15, 0.2) is 0 Å². The lowest BCUT2D eigenvalue weighted by atomic mass is 9.98. The zero-order valence-electron chi connectivity index (χ0n) is 11.8. The largest absolute Gasteiger partial charge is 0.443 e. The molecule has 3 rings (SSSR count). The van der Waals surface area contributed by atoms with Crippen molar-refractivity contribution in [1.29, 1.82) is 0 Å². The van der Waals surface area contributed by atoms with Crippen LogP contribution in [0.5, 0.6) is 0 Å². The maximum absolute atomic E-state index is 11.2. The Balaban J connectivity index is 1.74. The van der Waals surface area contributed by atoms with Crippen LogP contribution in [0.4, 0.5) is 4.79 Å². The summed E-state index contributed by atoms with van der Waals surface area (Å²) >= 11 is 0. The Labute approximate surface area is 123 Å². The van der Waals surface area contributed by atoms with Crippen LogP contribution in [0.2, 0.25) is 0 Å². The quantitative estimate of drug-likeness (QED) is 0.787. The lowest BCUT2D eigenvalue weighted by molar-refractivity contribution is -0.112. The van der Waals surface area contributed by atoms with Gasteiger partial charge in [0, 0.05) is 13.5 Å². The second-order valence-corrected chi connectivity index (χ2v) is 5.30. The van der Waals surface area contributed by atoms with E-state index < -0.39 is 18.3 Å². The van der Waals surface area contributed by atoms with Gasteiger partial charge in [0.05, 0.1) is 6.61 Å². The second-order valence-electron chi connectivity index (χ2n) is 5.30. The van der Waals surface area contributed by atoms with Gasteiger partial charge in [0.1, 0.15) is 30.5 Å². The van der Waals surface area contributed by atoms with Crippen LogP contribution in [0.3, 0.4) is 0 Å². The number of nitrogens with two attached hydrogens (primary N) is 1. The molecule has 2 saturated heterocycles. The molecule has 0 aliphatic carbocycles. The van der Waals surface area contributed by atoms with Crippen molar-refractivity contribution in [2.45, 2.75) is 36.9 Å². The van der Waals surface area contributed by atoms with Gasteiger partial charge >= 0.3 is 6.09 Å². The number of methoxy groups -OCH3 is 1. The molecule has 0 radical (unpaired) electrons. The summed E-state index contributed by atoms with van der Waals surface area (Å²) in [5.74, 6) is 0. The molecule has 2 aliphatic rings. The van der Waals surface area contributed by atoms with Crippen molar-refractivity contribution < 1.29 is 23.7 Å². The molecule has 2 heterocycles. The Bertz CT molecular complexity index is 494. The standard InChI is InChI=1S/C15H19NO5/c1-18-12(14-13-11(20-13)8-19-14)10(21-15(16)17)7-9-5-3-2-4-6-9/h2-6,10-14H,7-8H2,1H3,(H2,16,17)/t10?,11-,12+,13-,14+/m0/s1. The zero-order chi connectivity index (χ0) is 14.8. The molecule has 0 bridgehead atoms. The molecule has 2 aliphatic heterocycles. The maximum atomic E-state index is 11.2. The fraction of sp³-hybridized carbons (Fsp3) is 0.533. The molecular weight excluding hydrogens is 274 g/mol. The smallest absolute Gasteiger partial charge is 0.404 e. The predicted octanol–water partition coefficient (Wildman–Crippen LogP) is 0.874. The van der Waals surface area contributed by atoms with E-state index in [2.05, 4.69) is 0 Å². The fourth-order valence-electron chi connectivity index (χ4n) is 2.88. The molecule has 0 spiro atoms. The molecule has 1 aromatic carbocycles. The van der Waals surface area contributed by atoms with Crippen LogP contribution >= 0.6 is 0 Å². The third-order valence-electron chi connectivity index (χ3n) is 3.91. The first-order chi connectivity index (χ1) is 10.2. The van der Waals surface area contributed by atoms with Crippen molar-refractivity contribution in [1.82, 2.24) is 0 Å². The summed E-state index contributed by atoms with van der Waals surface area (Å²) in [6, 6.07) is 9.74. The summed E-state index contributed by atoms with van der Waals surface area (Å²) in [4.78, 5) is 11.2. The first kappa shape index (κ1) is 14.3. The van der Waals surface area contributed by atoms with E-state index in [1.807, 2.05) is 30.3 Å². The molecule has 1 aromatic rings. The summed E-state index contributed by atoms with van der Waals surface area (Å²) in [6.45, 7) is 0.559. The summed E-state index contributed by atoms with van der Waals surface area (Å²) in [5.41, 5.74) is 6.23. The second kappa shape index (κ2) is 6.01. The summed E-state index contributed by atoms with van der Waals surface area (Å²) in [5, 5.41) is 0. The van der Waals surface area contributed by atoms with E-state index in [1.165, 1.54) is 0 Å². The van der Waals surface area contributed by atoms with Crippen LogP contribution < -0.4 is 5.73 Å². The van der Waals surface area contributed by atoms with Crippen molar-refractivity contribution >= 4 is 6.09 Å². The minimum atomic E-state index is -0.816. The van der Waals surface area contributed by atoms with E-state index in [9.17, 15) is 4.79 Å². The topological polar surface area (TPSA) is 83.3 Å². The predicted molar refractivity (Wildman–Crippen MR) is 73.8 cm³/mol. The number of ether oxygens (including phenoxy) is 4. The average molecular weight is 293 g/mol. The minimum Gasteiger partial charge on any atom is -0.443 e. The highest BCUT2D eigenvalue weighted by molar-refractivity contribution is 5.64. The summed E-state index contributed by atoms with van der Waals surface area (Å²) in [6.07, 6.45) is -1.27. The number of carbonyl (C=O) groups excluding carboxylic acids is 1. The molecule has 2 fully saturated rings. The Morgan fingerprint density at radius 1 is 1.43 bits per heavy atom. The highest BCUT2D eigenvalue weighted by Crippen LogP contribution is 2.37. The van der Waals surface area contributed by atoms with Crippen molar-refractivity contribution in [3.63, 3.8) is 0 Å². The van der Waals surface area contributed by atoms with Crippen LogP contribution in [-0.4, -0.2) is 50.3 Å². The molecule has 0 aromatic heterocycles. The third kappa shape index (κ3) is 3.18. The Kier molecular flexibility index (Phi) is 4.10. The number of benzene rings is 1. The number of primary amides is 1. The van der Waals surface area contributed by atoms with E-state index in [1.54, 1.807) is 7.11 Å². The van der Waals surface area contributed by atoms with Crippen molar-refractivity contribution in [2.24, 2.45) is 5.73 Å². The van der Waals surface area contributed by atoms with Crippen molar-refractivity contribution in [3.05, 3.63) is 35.9 Å². The van der Waals surface area contributed by atoms with Crippen LogP contribution in [-0.2, 0) is 25.4 Å². The van der Waals surface area contributed by atoms with Gasteiger partial charge < -0.3 is 24.7 Å². The number of rotatable bonds is 6. The lowest BCUT2D eigenvalue weighted by Crippen LogP contribution is -2.46. The monoisotopic (exact) mass is 293 g/mol. The Hall–Kier alpha value is -1.63. The molecule has 6 heteroatoms. The highest BCUT2D eigenvalue weighted by Gasteiger charge is 2.56. The molecule has 6 nitrogen and oxygen atoms in total. The molecule has 2 N–H and O–H groups in total. The number of carbonyl (C=O) groups is 1.